The first-order valence-corrected chi connectivity index (χ1v) is 5.94. The minimum Gasteiger partial charge on any atom is -0.381 e. The van der Waals surface area contributed by atoms with Crippen LogP contribution in [0.25, 0.3) is 0 Å². The number of halogens is 1. The van der Waals surface area contributed by atoms with Crippen LogP contribution in [0, 0.1) is 17.1 Å². The van der Waals surface area contributed by atoms with Gasteiger partial charge in [0.1, 0.15) is 11.7 Å². The van der Waals surface area contributed by atoms with Crippen LogP contribution >= 0.6 is 0 Å². The number of amidine groups is 1. The molecule has 0 aliphatic carbocycles. The van der Waals surface area contributed by atoms with E-state index in [9.17, 15) is 4.39 Å². The molecular weight excluding hydrogens is 219 g/mol. The zero-order valence-corrected chi connectivity index (χ0v) is 9.58. The van der Waals surface area contributed by atoms with Crippen LogP contribution in [0.15, 0.2) is 18.2 Å². The lowest BCUT2D eigenvalue weighted by molar-refractivity contribution is 0.179. The standard InChI is InChI=1S/C13H15FN2O/c14-11-2-1-10-7-16(13(15)12(10)5-11)6-9-3-4-17-8-9/h1-2,5,9,15H,3-4,6-8H2. The molecule has 17 heavy (non-hydrogen) atoms. The smallest absolute Gasteiger partial charge is 0.128 e. The van der Waals surface area contributed by atoms with Gasteiger partial charge in [-0.3, -0.25) is 5.41 Å². The average Bonchev–Trinajstić information content (AvgIpc) is 2.91. The summed E-state index contributed by atoms with van der Waals surface area (Å²) in [5.41, 5.74) is 1.79. The van der Waals surface area contributed by atoms with Crippen LogP contribution in [0.3, 0.4) is 0 Å². The zero-order valence-electron chi connectivity index (χ0n) is 9.58. The third-order valence-electron chi connectivity index (χ3n) is 3.51. The molecule has 0 aromatic heterocycles. The van der Waals surface area contributed by atoms with Crippen molar-refractivity contribution in [2.75, 3.05) is 19.8 Å². The highest BCUT2D eigenvalue weighted by molar-refractivity contribution is 6.00. The predicted octanol–water partition coefficient (Wildman–Crippen LogP) is 2.00. The Morgan fingerprint density at radius 2 is 2.35 bits per heavy atom. The summed E-state index contributed by atoms with van der Waals surface area (Å²) in [6.45, 7) is 3.18. The van der Waals surface area contributed by atoms with Gasteiger partial charge in [0.05, 0.1) is 6.61 Å². The van der Waals surface area contributed by atoms with Crippen molar-refractivity contribution in [1.82, 2.24) is 4.90 Å². The molecule has 0 saturated carbocycles. The van der Waals surface area contributed by atoms with E-state index in [1.165, 1.54) is 12.1 Å². The van der Waals surface area contributed by atoms with E-state index in [2.05, 4.69) is 0 Å². The molecule has 1 unspecified atom stereocenters. The molecule has 1 atom stereocenters. The Labute approximate surface area is 99.7 Å². The third kappa shape index (κ3) is 1.93. The predicted molar refractivity (Wildman–Crippen MR) is 62.6 cm³/mol. The molecule has 2 heterocycles. The number of ether oxygens (including phenoxy) is 1. The van der Waals surface area contributed by atoms with Crippen molar-refractivity contribution in [3.63, 3.8) is 0 Å². The Bertz CT molecular complexity index is 455. The van der Waals surface area contributed by atoms with E-state index >= 15 is 0 Å². The molecule has 0 spiro atoms. The van der Waals surface area contributed by atoms with Crippen LogP contribution in [0.2, 0.25) is 0 Å². The van der Waals surface area contributed by atoms with Crippen LogP contribution in [-0.4, -0.2) is 30.5 Å². The molecule has 3 rings (SSSR count). The van der Waals surface area contributed by atoms with Gasteiger partial charge in [-0.15, -0.1) is 0 Å². The zero-order chi connectivity index (χ0) is 11.8. The van der Waals surface area contributed by atoms with Crippen molar-refractivity contribution < 1.29 is 9.13 Å². The first-order chi connectivity index (χ1) is 8.24. The third-order valence-corrected chi connectivity index (χ3v) is 3.51. The minimum absolute atomic E-state index is 0.264. The van der Waals surface area contributed by atoms with Gasteiger partial charge in [-0.05, 0) is 24.1 Å². The largest absolute Gasteiger partial charge is 0.381 e. The van der Waals surface area contributed by atoms with E-state index in [-0.39, 0.29) is 5.82 Å². The van der Waals surface area contributed by atoms with Crippen LogP contribution in [0.1, 0.15) is 17.5 Å². The van der Waals surface area contributed by atoms with Gasteiger partial charge in [0.25, 0.3) is 0 Å². The van der Waals surface area contributed by atoms with Gasteiger partial charge in [-0.1, -0.05) is 6.07 Å². The van der Waals surface area contributed by atoms with Crippen molar-refractivity contribution in [3.05, 3.63) is 35.1 Å². The van der Waals surface area contributed by atoms with Gasteiger partial charge in [-0.25, -0.2) is 4.39 Å². The molecule has 0 amide bonds. The topological polar surface area (TPSA) is 36.3 Å². The van der Waals surface area contributed by atoms with Gasteiger partial charge < -0.3 is 9.64 Å². The number of nitrogens with one attached hydrogen (secondary N) is 1. The van der Waals surface area contributed by atoms with E-state index in [0.717, 1.165) is 43.9 Å². The van der Waals surface area contributed by atoms with E-state index in [1.54, 1.807) is 6.07 Å². The molecule has 90 valence electrons. The van der Waals surface area contributed by atoms with Crippen molar-refractivity contribution in [2.45, 2.75) is 13.0 Å². The Balaban J connectivity index is 1.76. The van der Waals surface area contributed by atoms with Crippen molar-refractivity contribution in [3.8, 4) is 0 Å². The molecule has 0 radical (unpaired) electrons. The number of rotatable bonds is 2. The molecular formula is C13H15FN2O. The molecule has 1 N–H and O–H groups in total. The quantitative estimate of drug-likeness (QED) is 0.849. The van der Waals surface area contributed by atoms with Crippen molar-refractivity contribution >= 4 is 5.84 Å². The highest BCUT2D eigenvalue weighted by Crippen LogP contribution is 2.25. The molecule has 1 saturated heterocycles. The molecule has 1 aromatic carbocycles. The Morgan fingerprint density at radius 3 is 3.12 bits per heavy atom. The maximum atomic E-state index is 13.1. The Kier molecular flexibility index (Phi) is 2.59. The molecule has 1 fully saturated rings. The first-order valence-electron chi connectivity index (χ1n) is 5.94. The number of benzene rings is 1. The summed E-state index contributed by atoms with van der Waals surface area (Å²) in [5, 5.41) is 8.07. The van der Waals surface area contributed by atoms with Gasteiger partial charge in [-0.2, -0.15) is 0 Å². The fraction of sp³-hybridized carbons (Fsp3) is 0.462. The average molecular weight is 234 g/mol. The molecule has 1 aromatic rings. The van der Waals surface area contributed by atoms with Gasteiger partial charge in [0, 0.05) is 31.2 Å². The number of nitrogens with zero attached hydrogens (tertiary/aromatic N) is 1. The second kappa shape index (κ2) is 4.11. The van der Waals surface area contributed by atoms with Crippen molar-refractivity contribution in [1.29, 1.82) is 5.41 Å². The maximum Gasteiger partial charge on any atom is 0.128 e. The lowest BCUT2D eigenvalue weighted by Gasteiger charge is -2.21. The van der Waals surface area contributed by atoms with E-state index < -0.39 is 0 Å². The SMILES string of the molecule is N=C1c2cc(F)ccc2CN1CC1CCOC1. The first kappa shape index (κ1) is 10.7. The molecule has 2 aliphatic heterocycles. The Morgan fingerprint density at radius 1 is 1.47 bits per heavy atom. The van der Waals surface area contributed by atoms with Gasteiger partial charge in [0.15, 0.2) is 0 Å². The van der Waals surface area contributed by atoms with E-state index in [1.807, 2.05) is 4.90 Å². The summed E-state index contributed by atoms with van der Waals surface area (Å²) in [6.07, 6.45) is 1.06. The molecule has 0 bridgehead atoms. The summed E-state index contributed by atoms with van der Waals surface area (Å²) in [7, 11) is 0. The van der Waals surface area contributed by atoms with Gasteiger partial charge in [0.2, 0.25) is 0 Å². The number of fused-ring (bicyclic) bond motifs is 1. The summed E-state index contributed by atoms with van der Waals surface area (Å²) < 4.78 is 18.5. The van der Waals surface area contributed by atoms with Crippen LogP contribution in [0.5, 0.6) is 0 Å². The van der Waals surface area contributed by atoms with E-state index in [4.69, 9.17) is 10.1 Å². The number of hydrogen-bond acceptors (Lipinski definition) is 2. The van der Waals surface area contributed by atoms with Crippen LogP contribution in [-0.2, 0) is 11.3 Å². The van der Waals surface area contributed by atoms with Crippen LogP contribution < -0.4 is 0 Å². The molecule has 2 aliphatic rings. The second-order valence-electron chi connectivity index (χ2n) is 4.76. The van der Waals surface area contributed by atoms with Crippen molar-refractivity contribution in [2.24, 2.45) is 5.92 Å². The summed E-state index contributed by atoms with van der Waals surface area (Å²) in [4.78, 5) is 2.02. The maximum absolute atomic E-state index is 13.1. The summed E-state index contributed by atoms with van der Waals surface area (Å²) >= 11 is 0. The highest BCUT2D eigenvalue weighted by Gasteiger charge is 2.27. The molecule has 3 nitrogen and oxygen atoms in total. The second-order valence-corrected chi connectivity index (χ2v) is 4.76. The lowest BCUT2D eigenvalue weighted by atomic mass is 10.1. The highest BCUT2D eigenvalue weighted by atomic mass is 19.1. The lowest BCUT2D eigenvalue weighted by Crippen LogP contribution is -2.30. The Hall–Kier alpha value is -1.42. The van der Waals surface area contributed by atoms with E-state index in [0.29, 0.717) is 11.8 Å². The fourth-order valence-corrected chi connectivity index (χ4v) is 2.56. The summed E-state index contributed by atoms with van der Waals surface area (Å²) in [6, 6.07) is 4.71. The fourth-order valence-electron chi connectivity index (χ4n) is 2.56. The molecule has 4 heteroatoms. The normalized spacial score (nSPS) is 23.2. The summed E-state index contributed by atoms with van der Waals surface area (Å²) in [5.74, 6) is 0.695. The van der Waals surface area contributed by atoms with Crippen LogP contribution in [0.4, 0.5) is 4.39 Å². The monoisotopic (exact) mass is 234 g/mol. The minimum atomic E-state index is -0.264. The number of hydrogen-bond donors (Lipinski definition) is 1. The van der Waals surface area contributed by atoms with Gasteiger partial charge >= 0.3 is 0 Å².